The van der Waals surface area contributed by atoms with Gasteiger partial charge in [0.05, 0.1) is 0 Å². The fourth-order valence-electron chi connectivity index (χ4n) is 4.74. The molecule has 0 aliphatic heterocycles. The summed E-state index contributed by atoms with van der Waals surface area (Å²) in [5, 5.41) is 35.4. The standard InChI is InChI=1S/C15H16O2.2C11H22O2/c1-15(2,11-3-7-13(16)8-4-11)12-5-9-14(17)10-6-12;2*1-2-3-4-5-6-7-8-9-10-11(12)13/h3-10,16-17H,1-2H3;2*2-10H2,1H3,(H,12,13). The number of benzene rings is 2. The molecule has 6 nitrogen and oxygen atoms in total. The third-order valence-corrected chi connectivity index (χ3v) is 7.67. The zero-order valence-electron chi connectivity index (χ0n) is 27.5. The minimum Gasteiger partial charge on any atom is -0.508 e. The Kier molecular flexibility index (Phi) is 23.7. The summed E-state index contributed by atoms with van der Waals surface area (Å²) >= 11 is 0. The Morgan fingerprint density at radius 1 is 0.488 bits per heavy atom. The second-order valence-corrected chi connectivity index (χ2v) is 12.0. The largest absolute Gasteiger partial charge is 0.508 e. The number of aromatic hydroxyl groups is 2. The van der Waals surface area contributed by atoms with E-state index in [0.29, 0.717) is 12.8 Å². The summed E-state index contributed by atoms with van der Waals surface area (Å²) in [6, 6.07) is 14.4. The molecule has 0 bridgehead atoms. The van der Waals surface area contributed by atoms with E-state index in [1.54, 1.807) is 24.3 Å². The summed E-state index contributed by atoms with van der Waals surface area (Å²) in [5.74, 6) is -0.775. The lowest BCUT2D eigenvalue weighted by Gasteiger charge is -2.26. The molecule has 0 aliphatic rings. The molecular formula is C37H60O6. The second kappa shape index (κ2) is 25.5. The minimum atomic E-state index is -0.661. The van der Waals surface area contributed by atoms with Crippen LogP contribution in [-0.4, -0.2) is 32.4 Å². The molecule has 6 heteroatoms. The lowest BCUT2D eigenvalue weighted by atomic mass is 9.78. The number of carboxylic acids is 2. The highest BCUT2D eigenvalue weighted by Crippen LogP contribution is 2.32. The smallest absolute Gasteiger partial charge is 0.303 e. The highest BCUT2D eigenvalue weighted by molar-refractivity contribution is 5.66. The van der Waals surface area contributed by atoms with Gasteiger partial charge in [-0.05, 0) is 48.2 Å². The van der Waals surface area contributed by atoms with Gasteiger partial charge in [-0.15, -0.1) is 0 Å². The van der Waals surface area contributed by atoms with Crippen LogP contribution in [0.5, 0.6) is 11.5 Å². The molecule has 2 aromatic rings. The number of unbranched alkanes of at least 4 members (excludes halogenated alkanes) is 14. The normalized spacial score (nSPS) is 10.7. The van der Waals surface area contributed by atoms with Gasteiger partial charge < -0.3 is 20.4 Å². The van der Waals surface area contributed by atoms with Crippen LogP contribution in [0.25, 0.3) is 0 Å². The van der Waals surface area contributed by atoms with Crippen molar-refractivity contribution in [2.45, 2.75) is 149 Å². The van der Waals surface area contributed by atoms with Crippen LogP contribution >= 0.6 is 0 Å². The van der Waals surface area contributed by atoms with Crippen LogP contribution in [0.3, 0.4) is 0 Å². The van der Waals surface area contributed by atoms with E-state index in [2.05, 4.69) is 27.7 Å². The SMILES string of the molecule is CC(C)(c1ccc(O)cc1)c1ccc(O)cc1.CCCCCCCCCCC(=O)O.CCCCCCCCCCC(=O)O. The third-order valence-electron chi connectivity index (χ3n) is 7.67. The van der Waals surface area contributed by atoms with Gasteiger partial charge in [0.15, 0.2) is 0 Å². The van der Waals surface area contributed by atoms with Crippen LogP contribution in [0.4, 0.5) is 0 Å². The van der Waals surface area contributed by atoms with Crippen molar-refractivity contribution in [2.75, 3.05) is 0 Å². The molecule has 2 aromatic carbocycles. The summed E-state index contributed by atoms with van der Waals surface area (Å²) in [4.78, 5) is 20.3. The summed E-state index contributed by atoms with van der Waals surface area (Å²) in [6.07, 6.45) is 20.1. The number of phenolic OH excluding ortho intramolecular Hbond substituents is 2. The summed E-state index contributed by atoms with van der Waals surface area (Å²) in [7, 11) is 0. The van der Waals surface area contributed by atoms with Crippen LogP contribution in [0.2, 0.25) is 0 Å². The Bertz CT molecular complexity index is 873. The fraction of sp³-hybridized carbons (Fsp3) is 0.622. The first-order valence-corrected chi connectivity index (χ1v) is 16.6. The van der Waals surface area contributed by atoms with Crippen LogP contribution in [0.15, 0.2) is 48.5 Å². The summed E-state index contributed by atoms with van der Waals surface area (Å²) in [6.45, 7) is 8.66. The maximum absolute atomic E-state index is 10.2. The van der Waals surface area contributed by atoms with Crippen molar-refractivity contribution in [3.05, 3.63) is 59.7 Å². The van der Waals surface area contributed by atoms with E-state index in [0.717, 1.165) is 36.8 Å². The van der Waals surface area contributed by atoms with Gasteiger partial charge in [0.2, 0.25) is 0 Å². The Balaban J connectivity index is 0.000000627. The minimum absolute atomic E-state index is 0.151. The molecular weight excluding hydrogens is 540 g/mol. The topological polar surface area (TPSA) is 115 Å². The number of hydrogen-bond donors (Lipinski definition) is 4. The van der Waals surface area contributed by atoms with E-state index in [4.69, 9.17) is 10.2 Å². The van der Waals surface area contributed by atoms with Crippen LogP contribution in [0.1, 0.15) is 154 Å². The molecule has 0 radical (unpaired) electrons. The Hall–Kier alpha value is -3.02. The molecule has 0 saturated carbocycles. The molecule has 0 unspecified atom stereocenters. The number of rotatable bonds is 20. The molecule has 43 heavy (non-hydrogen) atoms. The van der Waals surface area contributed by atoms with E-state index in [1.165, 1.54) is 77.0 Å². The Morgan fingerprint density at radius 3 is 1.00 bits per heavy atom. The molecule has 2 rings (SSSR count). The quantitative estimate of drug-likeness (QED) is 0.112. The van der Waals surface area contributed by atoms with Crippen LogP contribution in [-0.2, 0) is 15.0 Å². The van der Waals surface area contributed by atoms with Gasteiger partial charge in [-0.25, -0.2) is 0 Å². The number of aliphatic carboxylic acids is 2. The third kappa shape index (κ3) is 22.2. The molecule has 0 aromatic heterocycles. The van der Waals surface area contributed by atoms with Crippen molar-refractivity contribution >= 4 is 11.9 Å². The number of carboxylic acid groups (broad SMARTS) is 2. The van der Waals surface area contributed by atoms with Crippen molar-refractivity contribution < 1.29 is 30.0 Å². The Labute approximate surface area is 261 Å². The zero-order chi connectivity index (χ0) is 32.3. The average molecular weight is 601 g/mol. The van der Waals surface area contributed by atoms with Gasteiger partial charge in [-0.2, -0.15) is 0 Å². The maximum Gasteiger partial charge on any atom is 0.303 e. The van der Waals surface area contributed by atoms with E-state index in [-0.39, 0.29) is 16.9 Å². The molecule has 0 spiro atoms. The molecule has 244 valence electrons. The predicted octanol–water partition coefficient (Wildman–Crippen LogP) is 10.6. The highest BCUT2D eigenvalue weighted by Gasteiger charge is 2.22. The first-order valence-electron chi connectivity index (χ1n) is 16.6. The predicted molar refractivity (Wildman–Crippen MR) is 178 cm³/mol. The fourth-order valence-corrected chi connectivity index (χ4v) is 4.74. The first kappa shape index (κ1) is 40.0. The number of hydrogen-bond acceptors (Lipinski definition) is 4. The van der Waals surface area contributed by atoms with Gasteiger partial charge in [-0.1, -0.05) is 142 Å². The molecule has 4 N–H and O–H groups in total. The second-order valence-electron chi connectivity index (χ2n) is 12.0. The van der Waals surface area contributed by atoms with Gasteiger partial charge in [-0.3, -0.25) is 9.59 Å². The lowest BCUT2D eigenvalue weighted by Crippen LogP contribution is -2.18. The molecule has 0 fully saturated rings. The van der Waals surface area contributed by atoms with Crippen molar-refractivity contribution in [3.63, 3.8) is 0 Å². The molecule has 0 atom stereocenters. The van der Waals surface area contributed by atoms with E-state index >= 15 is 0 Å². The lowest BCUT2D eigenvalue weighted by molar-refractivity contribution is -0.138. The summed E-state index contributed by atoms with van der Waals surface area (Å²) < 4.78 is 0. The molecule has 0 amide bonds. The maximum atomic E-state index is 10.2. The van der Waals surface area contributed by atoms with Crippen molar-refractivity contribution in [1.82, 2.24) is 0 Å². The average Bonchev–Trinajstić information content (AvgIpc) is 2.97. The van der Waals surface area contributed by atoms with Gasteiger partial charge in [0.25, 0.3) is 0 Å². The van der Waals surface area contributed by atoms with Crippen LogP contribution < -0.4 is 0 Å². The first-order chi connectivity index (χ1) is 20.5. The van der Waals surface area contributed by atoms with Gasteiger partial charge >= 0.3 is 11.9 Å². The molecule has 0 heterocycles. The van der Waals surface area contributed by atoms with Gasteiger partial charge in [0.1, 0.15) is 11.5 Å². The highest BCUT2D eigenvalue weighted by atomic mass is 16.4. The summed E-state index contributed by atoms with van der Waals surface area (Å²) in [5.41, 5.74) is 2.10. The molecule has 0 saturated heterocycles. The van der Waals surface area contributed by atoms with Crippen molar-refractivity contribution in [3.8, 4) is 11.5 Å². The number of carbonyl (C=O) groups is 2. The van der Waals surface area contributed by atoms with Crippen molar-refractivity contribution in [2.24, 2.45) is 0 Å². The van der Waals surface area contributed by atoms with E-state index in [1.807, 2.05) is 24.3 Å². The number of phenols is 2. The van der Waals surface area contributed by atoms with E-state index in [9.17, 15) is 19.8 Å². The van der Waals surface area contributed by atoms with Crippen molar-refractivity contribution in [1.29, 1.82) is 0 Å². The molecule has 0 aliphatic carbocycles. The van der Waals surface area contributed by atoms with Gasteiger partial charge in [0, 0.05) is 18.3 Å². The monoisotopic (exact) mass is 600 g/mol. The Morgan fingerprint density at radius 2 is 0.744 bits per heavy atom. The van der Waals surface area contributed by atoms with E-state index < -0.39 is 11.9 Å². The zero-order valence-corrected chi connectivity index (χ0v) is 27.5. The van der Waals surface area contributed by atoms with Crippen LogP contribution in [0, 0.1) is 0 Å².